The monoisotopic (exact) mass is 359 g/mol. The molecule has 1 amide bonds. The Morgan fingerprint density at radius 2 is 1.92 bits per heavy atom. The molecular weight excluding hydrogens is 341 g/mol. The Morgan fingerprint density at radius 3 is 2.62 bits per heavy atom. The van der Waals surface area contributed by atoms with Crippen LogP contribution >= 0.6 is 0 Å². The van der Waals surface area contributed by atoms with Gasteiger partial charge in [0.2, 0.25) is 5.91 Å². The Hall–Kier alpha value is -3.03. The number of likely N-dealkylation sites (tertiary alicyclic amines) is 1. The van der Waals surface area contributed by atoms with Crippen LogP contribution in [0.25, 0.3) is 11.3 Å². The van der Waals surface area contributed by atoms with E-state index in [1.165, 1.54) is 41.3 Å². The number of aromatic nitrogens is 2. The number of carbonyl (C=O) groups is 2. The number of carbonyl (C=O) groups excluding carboxylic acids is 1. The molecule has 0 bridgehead atoms. The predicted molar refractivity (Wildman–Crippen MR) is 90.8 cm³/mol. The minimum atomic E-state index is -0.920. The van der Waals surface area contributed by atoms with Gasteiger partial charge in [-0.05, 0) is 43.2 Å². The molecule has 1 saturated heterocycles. The molecule has 1 aromatic carbocycles. The van der Waals surface area contributed by atoms with Gasteiger partial charge in [-0.3, -0.25) is 14.4 Å². The second kappa shape index (κ2) is 7.47. The van der Waals surface area contributed by atoms with Crippen LogP contribution in [0.1, 0.15) is 12.8 Å². The lowest BCUT2D eigenvalue weighted by Crippen LogP contribution is -2.44. The van der Waals surface area contributed by atoms with Crippen molar-refractivity contribution in [3.63, 3.8) is 0 Å². The number of hydrogen-bond donors (Lipinski definition) is 1. The first-order chi connectivity index (χ1) is 12.4. The van der Waals surface area contributed by atoms with Crippen LogP contribution in [-0.4, -0.2) is 44.8 Å². The van der Waals surface area contributed by atoms with Crippen LogP contribution in [0, 0.1) is 11.7 Å². The number of benzene rings is 1. The summed E-state index contributed by atoms with van der Waals surface area (Å²) in [6.45, 7) is 0.343. The molecule has 0 saturated carbocycles. The Labute approximate surface area is 148 Å². The number of aliphatic carboxylic acids is 1. The van der Waals surface area contributed by atoms with Gasteiger partial charge in [0.25, 0.3) is 5.56 Å². The molecule has 0 aliphatic carbocycles. The minimum Gasteiger partial charge on any atom is -0.481 e. The quantitative estimate of drug-likeness (QED) is 0.890. The van der Waals surface area contributed by atoms with E-state index in [1.807, 2.05) is 0 Å². The highest BCUT2D eigenvalue weighted by molar-refractivity contribution is 5.77. The number of hydrogen-bond acceptors (Lipinski definition) is 4. The Balaban J connectivity index is 1.77. The molecule has 1 aliphatic heterocycles. The van der Waals surface area contributed by atoms with Crippen molar-refractivity contribution in [2.24, 2.45) is 5.92 Å². The summed E-state index contributed by atoms with van der Waals surface area (Å²) in [6, 6.07) is 8.47. The minimum absolute atomic E-state index is 0.139. The first-order valence-electron chi connectivity index (χ1n) is 8.29. The lowest BCUT2D eigenvalue weighted by atomic mass is 9.98. The van der Waals surface area contributed by atoms with Crippen molar-refractivity contribution in [2.75, 3.05) is 13.1 Å². The molecule has 1 atom stereocenters. The molecule has 136 valence electrons. The SMILES string of the molecule is O=C(O)[C@@H]1CCCN(C(=O)Cn2nc(-c3ccc(F)cc3)ccc2=O)C1. The summed E-state index contributed by atoms with van der Waals surface area (Å²) < 4.78 is 14.1. The number of carboxylic acids is 1. The molecule has 26 heavy (non-hydrogen) atoms. The van der Waals surface area contributed by atoms with Crippen LogP contribution in [0.4, 0.5) is 4.39 Å². The molecule has 7 nitrogen and oxygen atoms in total. The Kier molecular flexibility index (Phi) is 5.11. The zero-order chi connectivity index (χ0) is 18.7. The van der Waals surface area contributed by atoms with Gasteiger partial charge in [-0.1, -0.05) is 0 Å². The van der Waals surface area contributed by atoms with Crippen LogP contribution in [0.15, 0.2) is 41.2 Å². The fourth-order valence-electron chi connectivity index (χ4n) is 2.97. The summed E-state index contributed by atoms with van der Waals surface area (Å²) in [5, 5.41) is 13.3. The van der Waals surface area contributed by atoms with E-state index in [0.29, 0.717) is 30.6 Å². The number of nitrogens with zero attached hydrogens (tertiary/aromatic N) is 3. The number of amides is 1. The zero-order valence-electron chi connectivity index (χ0n) is 14.0. The summed E-state index contributed by atoms with van der Waals surface area (Å²) in [7, 11) is 0. The standard InChI is InChI=1S/C18H18FN3O4/c19-14-5-3-12(4-6-14)15-7-8-16(23)22(20-15)11-17(24)21-9-1-2-13(10-21)18(25)26/h3-8,13H,1-2,9-11H2,(H,25,26)/t13-/m1/s1. The van der Waals surface area contributed by atoms with Crippen LogP contribution < -0.4 is 5.56 Å². The second-order valence-corrected chi connectivity index (χ2v) is 6.24. The second-order valence-electron chi connectivity index (χ2n) is 6.24. The molecule has 0 radical (unpaired) electrons. The highest BCUT2D eigenvalue weighted by Crippen LogP contribution is 2.18. The van der Waals surface area contributed by atoms with Crippen LogP contribution in [0.2, 0.25) is 0 Å². The van der Waals surface area contributed by atoms with Gasteiger partial charge in [-0.25, -0.2) is 9.07 Å². The van der Waals surface area contributed by atoms with Gasteiger partial charge in [-0.15, -0.1) is 0 Å². The maximum absolute atomic E-state index is 13.0. The van der Waals surface area contributed by atoms with E-state index < -0.39 is 17.4 Å². The van der Waals surface area contributed by atoms with Gasteiger partial charge in [-0.2, -0.15) is 5.10 Å². The molecule has 2 heterocycles. The van der Waals surface area contributed by atoms with E-state index in [9.17, 15) is 18.8 Å². The smallest absolute Gasteiger partial charge is 0.308 e. The first kappa shape index (κ1) is 17.8. The van der Waals surface area contributed by atoms with Gasteiger partial charge < -0.3 is 10.0 Å². The van der Waals surface area contributed by atoms with Gasteiger partial charge in [0.15, 0.2) is 0 Å². The summed E-state index contributed by atoms with van der Waals surface area (Å²) >= 11 is 0. The van der Waals surface area contributed by atoms with Crippen LogP contribution in [-0.2, 0) is 16.1 Å². The Bertz CT molecular complexity index is 879. The van der Waals surface area contributed by atoms with E-state index in [4.69, 9.17) is 5.11 Å². The van der Waals surface area contributed by atoms with Crippen molar-refractivity contribution in [3.05, 3.63) is 52.6 Å². The number of rotatable bonds is 4. The van der Waals surface area contributed by atoms with Crippen molar-refractivity contribution in [3.8, 4) is 11.3 Å². The summed E-state index contributed by atoms with van der Waals surface area (Å²) in [5.74, 6) is -2.23. The van der Waals surface area contributed by atoms with E-state index in [1.54, 1.807) is 0 Å². The van der Waals surface area contributed by atoms with Crippen molar-refractivity contribution >= 4 is 11.9 Å². The first-order valence-corrected chi connectivity index (χ1v) is 8.29. The molecule has 1 aromatic heterocycles. The fourth-order valence-corrected chi connectivity index (χ4v) is 2.97. The van der Waals surface area contributed by atoms with Crippen molar-refractivity contribution < 1.29 is 19.1 Å². The average molecular weight is 359 g/mol. The average Bonchev–Trinajstić information content (AvgIpc) is 2.64. The molecule has 0 unspecified atom stereocenters. The zero-order valence-corrected chi connectivity index (χ0v) is 14.0. The maximum Gasteiger partial charge on any atom is 0.308 e. The van der Waals surface area contributed by atoms with E-state index in [0.717, 1.165) is 4.68 Å². The highest BCUT2D eigenvalue weighted by atomic mass is 19.1. The third kappa shape index (κ3) is 3.96. The molecule has 1 N–H and O–H groups in total. The molecule has 8 heteroatoms. The Morgan fingerprint density at radius 1 is 1.19 bits per heavy atom. The maximum atomic E-state index is 13.0. The predicted octanol–water partition coefficient (Wildman–Crippen LogP) is 1.37. The number of carboxylic acid groups (broad SMARTS) is 1. The van der Waals surface area contributed by atoms with Gasteiger partial charge >= 0.3 is 5.97 Å². The third-order valence-electron chi connectivity index (χ3n) is 4.41. The van der Waals surface area contributed by atoms with Gasteiger partial charge in [0, 0.05) is 24.7 Å². The molecule has 1 fully saturated rings. The molecule has 0 spiro atoms. The topological polar surface area (TPSA) is 92.5 Å². The van der Waals surface area contributed by atoms with E-state index in [-0.39, 0.29) is 24.8 Å². The van der Waals surface area contributed by atoms with Gasteiger partial charge in [0.05, 0.1) is 11.6 Å². The normalized spacial score (nSPS) is 17.1. The lowest BCUT2D eigenvalue weighted by molar-refractivity contribution is -0.145. The number of halogens is 1. The molecule has 1 aliphatic rings. The highest BCUT2D eigenvalue weighted by Gasteiger charge is 2.28. The largest absolute Gasteiger partial charge is 0.481 e. The summed E-state index contributed by atoms with van der Waals surface area (Å²) in [4.78, 5) is 37.1. The summed E-state index contributed by atoms with van der Waals surface area (Å²) in [6.07, 6.45) is 1.15. The number of piperidine rings is 1. The van der Waals surface area contributed by atoms with E-state index in [2.05, 4.69) is 5.10 Å². The van der Waals surface area contributed by atoms with Crippen molar-refractivity contribution in [1.29, 1.82) is 0 Å². The third-order valence-corrected chi connectivity index (χ3v) is 4.41. The van der Waals surface area contributed by atoms with Crippen LogP contribution in [0.5, 0.6) is 0 Å². The summed E-state index contributed by atoms with van der Waals surface area (Å²) in [5.41, 5.74) is 0.631. The van der Waals surface area contributed by atoms with Crippen LogP contribution in [0.3, 0.4) is 0 Å². The molecule has 3 rings (SSSR count). The van der Waals surface area contributed by atoms with Crippen molar-refractivity contribution in [1.82, 2.24) is 14.7 Å². The van der Waals surface area contributed by atoms with Crippen molar-refractivity contribution in [2.45, 2.75) is 19.4 Å². The molecular formula is C18H18FN3O4. The van der Waals surface area contributed by atoms with Gasteiger partial charge in [0.1, 0.15) is 12.4 Å². The lowest BCUT2D eigenvalue weighted by Gasteiger charge is -2.30. The molecule has 2 aromatic rings. The van der Waals surface area contributed by atoms with E-state index >= 15 is 0 Å². The fraction of sp³-hybridized carbons (Fsp3) is 0.333.